The highest BCUT2D eigenvalue weighted by atomic mass is 16.7. The Balaban J connectivity index is 1.44. The number of carbonyl (C=O) groups is 3. The normalized spacial score (nSPS) is 26.1. The van der Waals surface area contributed by atoms with Crippen molar-refractivity contribution in [2.75, 3.05) is 13.7 Å². The van der Waals surface area contributed by atoms with Gasteiger partial charge in [-0.3, -0.25) is 9.69 Å². The highest BCUT2D eigenvalue weighted by Crippen LogP contribution is 2.39. The van der Waals surface area contributed by atoms with Gasteiger partial charge in [0.1, 0.15) is 24.9 Å². The molecule has 0 spiro atoms. The Hall–Kier alpha value is -4.09. The number of carbonyl (C=O) groups excluding carboxylic acids is 3. The molecule has 2 aliphatic rings. The number of aliphatic hydroxyl groups excluding tert-OH is 2. The van der Waals surface area contributed by atoms with E-state index in [1.54, 1.807) is 84.9 Å². The molecule has 0 aliphatic carbocycles. The molecule has 10 heteroatoms. The summed E-state index contributed by atoms with van der Waals surface area (Å²) < 4.78 is 22.6. The molecule has 6 atom stereocenters. The van der Waals surface area contributed by atoms with Crippen LogP contribution in [0.4, 0.5) is 0 Å². The molecule has 6 unspecified atom stereocenters. The number of aliphatic hydroxyl groups is 2. The van der Waals surface area contributed by atoms with Gasteiger partial charge in [0.25, 0.3) is 5.91 Å². The molecule has 1 fully saturated rings. The summed E-state index contributed by atoms with van der Waals surface area (Å²) in [6.45, 7) is -0.391. The Morgan fingerprint density at radius 3 is 2.08 bits per heavy atom. The second kappa shape index (κ2) is 11.3. The van der Waals surface area contributed by atoms with E-state index in [1.165, 1.54) is 7.11 Å². The van der Waals surface area contributed by atoms with E-state index in [9.17, 15) is 24.6 Å². The minimum absolute atomic E-state index is 0.215. The van der Waals surface area contributed by atoms with Crippen molar-refractivity contribution in [2.45, 2.75) is 36.9 Å². The molecule has 0 saturated carbocycles. The molecular weight excluding hydrogens is 506 g/mol. The fourth-order valence-electron chi connectivity index (χ4n) is 4.86. The zero-order valence-electron chi connectivity index (χ0n) is 21.0. The van der Waals surface area contributed by atoms with Gasteiger partial charge in [0.05, 0.1) is 11.1 Å². The highest BCUT2D eigenvalue weighted by Gasteiger charge is 2.55. The number of ether oxygens (including phenoxy) is 4. The minimum Gasteiger partial charge on any atom is -0.459 e. The third-order valence-electron chi connectivity index (χ3n) is 6.80. The van der Waals surface area contributed by atoms with E-state index in [0.717, 1.165) is 4.90 Å². The summed E-state index contributed by atoms with van der Waals surface area (Å²) in [5, 5.41) is 22.5. The SMILES string of the molecule is COC1OC(COC(=O)c2ccccc2)C(O)C(OC(=O)c2ccccc2)C1N1C(=O)c2ccccc2C1O. The van der Waals surface area contributed by atoms with E-state index in [-0.39, 0.29) is 11.1 Å². The smallest absolute Gasteiger partial charge is 0.338 e. The van der Waals surface area contributed by atoms with E-state index in [0.29, 0.717) is 11.1 Å². The number of hydrogen-bond acceptors (Lipinski definition) is 9. The largest absolute Gasteiger partial charge is 0.459 e. The van der Waals surface area contributed by atoms with Gasteiger partial charge in [-0.25, -0.2) is 9.59 Å². The highest BCUT2D eigenvalue weighted by molar-refractivity contribution is 5.99. The minimum atomic E-state index is -1.55. The molecule has 0 bridgehead atoms. The van der Waals surface area contributed by atoms with Crippen LogP contribution in [0, 0.1) is 0 Å². The number of esters is 2. The van der Waals surface area contributed by atoms with Gasteiger partial charge in [0.2, 0.25) is 0 Å². The van der Waals surface area contributed by atoms with Crippen LogP contribution in [0.5, 0.6) is 0 Å². The van der Waals surface area contributed by atoms with Crippen LogP contribution in [0.15, 0.2) is 84.9 Å². The van der Waals surface area contributed by atoms with Gasteiger partial charge in [-0.05, 0) is 30.3 Å². The average molecular weight is 534 g/mol. The van der Waals surface area contributed by atoms with E-state index < -0.39 is 61.3 Å². The molecule has 0 aromatic heterocycles. The van der Waals surface area contributed by atoms with Crippen molar-refractivity contribution in [1.29, 1.82) is 0 Å². The first-order valence-corrected chi connectivity index (χ1v) is 12.3. The first-order valence-electron chi connectivity index (χ1n) is 12.3. The lowest BCUT2D eigenvalue weighted by Crippen LogP contribution is -2.66. The summed E-state index contributed by atoms with van der Waals surface area (Å²) in [5.74, 6) is -1.95. The van der Waals surface area contributed by atoms with Crippen molar-refractivity contribution >= 4 is 17.8 Å². The van der Waals surface area contributed by atoms with Gasteiger partial charge >= 0.3 is 11.9 Å². The molecular formula is C29H27NO9. The number of benzene rings is 3. The summed E-state index contributed by atoms with van der Waals surface area (Å²) in [6.07, 6.45) is -6.80. The second-order valence-electron chi connectivity index (χ2n) is 9.13. The quantitative estimate of drug-likeness (QED) is 0.439. The maximum atomic E-state index is 13.4. The lowest BCUT2D eigenvalue weighted by Gasteiger charge is -2.47. The zero-order valence-corrected chi connectivity index (χ0v) is 21.0. The number of methoxy groups -OCH3 is 1. The predicted molar refractivity (Wildman–Crippen MR) is 135 cm³/mol. The van der Waals surface area contributed by atoms with Crippen LogP contribution in [0.1, 0.15) is 42.9 Å². The van der Waals surface area contributed by atoms with Crippen LogP contribution in [0.2, 0.25) is 0 Å². The third kappa shape index (κ3) is 5.15. The molecule has 10 nitrogen and oxygen atoms in total. The summed E-state index contributed by atoms with van der Waals surface area (Å²) in [5.41, 5.74) is 1.15. The second-order valence-corrected chi connectivity index (χ2v) is 9.13. The van der Waals surface area contributed by atoms with Crippen molar-refractivity contribution in [3.8, 4) is 0 Å². The number of hydrogen-bond donors (Lipinski definition) is 2. The summed E-state index contributed by atoms with van der Waals surface area (Å²) in [7, 11) is 1.32. The topological polar surface area (TPSA) is 132 Å². The Labute approximate surface area is 224 Å². The van der Waals surface area contributed by atoms with Crippen molar-refractivity contribution in [3.63, 3.8) is 0 Å². The van der Waals surface area contributed by atoms with E-state index in [4.69, 9.17) is 18.9 Å². The van der Waals surface area contributed by atoms with Gasteiger partial charge < -0.3 is 29.2 Å². The van der Waals surface area contributed by atoms with Gasteiger partial charge in [-0.2, -0.15) is 0 Å². The van der Waals surface area contributed by atoms with Crippen LogP contribution < -0.4 is 0 Å². The van der Waals surface area contributed by atoms with Crippen LogP contribution in [0.25, 0.3) is 0 Å². The lowest BCUT2D eigenvalue weighted by atomic mass is 9.95. The standard InChI is InChI=1S/C29H27NO9/c1-36-29-22(30-25(32)19-14-8-9-15-20(19)26(30)33)24(39-28(35)18-12-6-3-7-13-18)23(31)21(38-29)16-37-27(34)17-10-4-2-5-11-17/h2-15,21-25,29,31-32H,16H2,1H3. The summed E-state index contributed by atoms with van der Waals surface area (Å²) in [4.78, 5) is 40.1. The number of nitrogens with zero attached hydrogens (tertiary/aromatic N) is 1. The third-order valence-corrected chi connectivity index (χ3v) is 6.80. The van der Waals surface area contributed by atoms with Crippen molar-refractivity contribution < 1.29 is 43.5 Å². The Kier molecular flexibility index (Phi) is 7.71. The molecule has 2 heterocycles. The molecule has 5 rings (SSSR count). The van der Waals surface area contributed by atoms with Crippen LogP contribution in [0.3, 0.4) is 0 Å². The van der Waals surface area contributed by atoms with Gasteiger partial charge in [0, 0.05) is 18.2 Å². The molecule has 3 aromatic rings. The van der Waals surface area contributed by atoms with Crippen LogP contribution >= 0.6 is 0 Å². The number of amides is 1. The fraction of sp³-hybridized carbons (Fsp3) is 0.276. The Morgan fingerprint density at radius 1 is 0.872 bits per heavy atom. The molecule has 1 amide bonds. The van der Waals surface area contributed by atoms with E-state index in [1.807, 2.05) is 0 Å². The Morgan fingerprint density at radius 2 is 1.46 bits per heavy atom. The molecule has 0 radical (unpaired) electrons. The maximum Gasteiger partial charge on any atom is 0.338 e. The molecule has 202 valence electrons. The fourth-order valence-corrected chi connectivity index (χ4v) is 4.86. The molecule has 39 heavy (non-hydrogen) atoms. The van der Waals surface area contributed by atoms with E-state index >= 15 is 0 Å². The molecule has 2 aliphatic heterocycles. The zero-order chi connectivity index (χ0) is 27.5. The average Bonchev–Trinajstić information content (AvgIpc) is 3.23. The van der Waals surface area contributed by atoms with Crippen LogP contribution in [-0.2, 0) is 18.9 Å². The number of rotatable bonds is 7. The van der Waals surface area contributed by atoms with Crippen molar-refractivity contribution in [1.82, 2.24) is 4.90 Å². The van der Waals surface area contributed by atoms with Gasteiger partial charge in [-0.1, -0.05) is 54.6 Å². The number of fused-ring (bicyclic) bond motifs is 1. The van der Waals surface area contributed by atoms with Crippen molar-refractivity contribution in [2.24, 2.45) is 0 Å². The monoisotopic (exact) mass is 533 g/mol. The molecule has 1 saturated heterocycles. The summed E-state index contributed by atoms with van der Waals surface area (Å²) in [6, 6.07) is 21.7. The molecule has 2 N–H and O–H groups in total. The first-order chi connectivity index (χ1) is 18.9. The Bertz CT molecular complexity index is 1330. The first kappa shape index (κ1) is 26.5. The predicted octanol–water partition coefficient (Wildman–Crippen LogP) is 2.32. The van der Waals surface area contributed by atoms with Gasteiger partial charge in [0.15, 0.2) is 18.6 Å². The molecule has 3 aromatic carbocycles. The van der Waals surface area contributed by atoms with E-state index in [2.05, 4.69) is 0 Å². The van der Waals surface area contributed by atoms with Crippen LogP contribution in [-0.4, -0.2) is 77.3 Å². The maximum absolute atomic E-state index is 13.4. The van der Waals surface area contributed by atoms with Crippen molar-refractivity contribution in [3.05, 3.63) is 107 Å². The summed E-state index contributed by atoms with van der Waals surface area (Å²) >= 11 is 0. The lowest BCUT2D eigenvalue weighted by molar-refractivity contribution is -0.282. The van der Waals surface area contributed by atoms with Gasteiger partial charge in [-0.15, -0.1) is 0 Å².